The molecule has 0 radical (unpaired) electrons. The van der Waals surface area contributed by atoms with E-state index in [0.29, 0.717) is 5.92 Å². The van der Waals surface area contributed by atoms with Gasteiger partial charge in [0.1, 0.15) is 10.6 Å². The number of amides is 1. The van der Waals surface area contributed by atoms with Crippen molar-refractivity contribution in [2.24, 2.45) is 5.92 Å². The number of nitrogens with zero attached hydrogens (tertiary/aromatic N) is 2. The number of carbonyl (C=O) groups excluding carboxylic acids is 1. The molecule has 7 heteroatoms. The van der Waals surface area contributed by atoms with Crippen LogP contribution in [-0.4, -0.2) is 41.4 Å². The smallest absolute Gasteiger partial charge is 0.300 e. The summed E-state index contributed by atoms with van der Waals surface area (Å²) in [6.07, 6.45) is 2.14. The van der Waals surface area contributed by atoms with Crippen molar-refractivity contribution in [3.8, 4) is 0 Å². The second-order valence-electron chi connectivity index (χ2n) is 5.61. The van der Waals surface area contributed by atoms with Crippen LogP contribution < -0.4 is 5.32 Å². The number of nitro benzene ring substituents is 1. The lowest BCUT2D eigenvalue weighted by Gasteiger charge is -2.44. The molecule has 0 aliphatic carbocycles. The molecule has 6 nitrogen and oxygen atoms in total. The average Bonchev–Trinajstić information content (AvgIpc) is 2.47. The van der Waals surface area contributed by atoms with E-state index in [1.165, 1.54) is 12.1 Å². The average molecular weight is 310 g/mol. The van der Waals surface area contributed by atoms with Gasteiger partial charge < -0.3 is 10.2 Å². The van der Waals surface area contributed by atoms with Gasteiger partial charge in [0, 0.05) is 12.6 Å². The second kappa shape index (κ2) is 5.61. The van der Waals surface area contributed by atoms with E-state index in [4.69, 9.17) is 11.6 Å². The molecule has 0 aromatic heterocycles. The summed E-state index contributed by atoms with van der Waals surface area (Å²) in [5.41, 5.74) is -0.290. The van der Waals surface area contributed by atoms with Crippen LogP contribution in [0.15, 0.2) is 18.2 Å². The van der Waals surface area contributed by atoms with E-state index in [0.717, 1.165) is 32.5 Å². The van der Waals surface area contributed by atoms with Gasteiger partial charge in [0.05, 0.1) is 4.92 Å². The summed E-state index contributed by atoms with van der Waals surface area (Å²) < 4.78 is 0. The van der Waals surface area contributed by atoms with E-state index in [2.05, 4.69) is 10.2 Å². The number of halogens is 1. The molecule has 3 saturated heterocycles. The Balaban J connectivity index is 1.80. The molecular formula is C14H16ClN3O3. The minimum absolute atomic E-state index is 0.0124. The molecular weight excluding hydrogens is 294 g/mol. The van der Waals surface area contributed by atoms with Crippen LogP contribution in [0.4, 0.5) is 5.69 Å². The van der Waals surface area contributed by atoms with Gasteiger partial charge in [-0.25, -0.2) is 0 Å². The molecule has 3 fully saturated rings. The number of hydrogen-bond acceptors (Lipinski definition) is 4. The summed E-state index contributed by atoms with van der Waals surface area (Å²) in [5, 5.41) is 14.0. The maximum atomic E-state index is 12.4. The zero-order valence-electron chi connectivity index (χ0n) is 11.4. The number of rotatable bonds is 3. The van der Waals surface area contributed by atoms with Crippen molar-refractivity contribution in [3.63, 3.8) is 0 Å². The standard InChI is InChI=1S/C14H16ClN3O3/c15-11-3-1-2-10(13(11)18(20)21)14(19)16-12-8-17-6-4-9(12)5-7-17/h1-3,9,12H,4-8H2,(H,16,19). The number of piperidine rings is 3. The first-order chi connectivity index (χ1) is 10.1. The van der Waals surface area contributed by atoms with Crippen LogP contribution in [0.25, 0.3) is 0 Å². The van der Waals surface area contributed by atoms with Crippen molar-refractivity contribution < 1.29 is 9.72 Å². The third kappa shape index (κ3) is 2.73. The van der Waals surface area contributed by atoms with Crippen molar-refractivity contribution in [1.82, 2.24) is 10.2 Å². The summed E-state index contributed by atoms with van der Waals surface area (Å²) in [5.74, 6) is 0.0557. The Morgan fingerprint density at radius 1 is 1.38 bits per heavy atom. The Kier molecular flexibility index (Phi) is 3.82. The van der Waals surface area contributed by atoms with Gasteiger partial charge in [-0.15, -0.1) is 0 Å². The van der Waals surface area contributed by atoms with Gasteiger partial charge in [-0.3, -0.25) is 14.9 Å². The van der Waals surface area contributed by atoms with E-state index in [1.54, 1.807) is 6.07 Å². The highest BCUT2D eigenvalue weighted by molar-refractivity contribution is 6.33. The number of nitro groups is 1. The SMILES string of the molecule is O=C(NC1CN2CCC1CC2)c1cccc(Cl)c1[N+](=O)[O-]. The minimum Gasteiger partial charge on any atom is -0.348 e. The number of hydrogen-bond donors (Lipinski definition) is 1. The Labute approximate surface area is 127 Å². The largest absolute Gasteiger partial charge is 0.348 e. The monoisotopic (exact) mass is 309 g/mol. The lowest BCUT2D eigenvalue weighted by molar-refractivity contribution is -0.385. The van der Waals surface area contributed by atoms with Crippen molar-refractivity contribution in [1.29, 1.82) is 0 Å². The van der Waals surface area contributed by atoms with Crippen LogP contribution in [-0.2, 0) is 0 Å². The van der Waals surface area contributed by atoms with E-state index in [9.17, 15) is 14.9 Å². The van der Waals surface area contributed by atoms with E-state index < -0.39 is 10.8 Å². The zero-order valence-corrected chi connectivity index (χ0v) is 12.2. The van der Waals surface area contributed by atoms with E-state index >= 15 is 0 Å². The maximum Gasteiger partial charge on any atom is 0.300 e. The highest BCUT2D eigenvalue weighted by atomic mass is 35.5. The number of benzene rings is 1. The fourth-order valence-electron chi connectivity index (χ4n) is 3.26. The zero-order chi connectivity index (χ0) is 15.0. The number of carbonyl (C=O) groups is 1. The van der Waals surface area contributed by atoms with Gasteiger partial charge in [0.2, 0.25) is 0 Å². The third-order valence-electron chi connectivity index (χ3n) is 4.39. The number of fused-ring (bicyclic) bond motifs is 3. The predicted molar refractivity (Wildman–Crippen MR) is 78.5 cm³/mol. The Bertz CT molecular complexity index is 585. The molecule has 1 aromatic rings. The summed E-state index contributed by atoms with van der Waals surface area (Å²) in [7, 11) is 0. The van der Waals surface area contributed by atoms with Gasteiger partial charge in [0.15, 0.2) is 0 Å². The van der Waals surface area contributed by atoms with Gasteiger partial charge in [0.25, 0.3) is 5.91 Å². The van der Waals surface area contributed by atoms with E-state index in [-0.39, 0.29) is 22.3 Å². The van der Waals surface area contributed by atoms with Gasteiger partial charge in [-0.1, -0.05) is 17.7 Å². The molecule has 2 bridgehead atoms. The van der Waals surface area contributed by atoms with Crippen molar-refractivity contribution >= 4 is 23.2 Å². The molecule has 1 amide bonds. The lowest BCUT2D eigenvalue weighted by atomic mass is 9.84. The Morgan fingerprint density at radius 3 is 2.67 bits per heavy atom. The molecule has 0 saturated carbocycles. The molecule has 3 aliphatic heterocycles. The second-order valence-corrected chi connectivity index (χ2v) is 6.02. The molecule has 3 aliphatic rings. The first-order valence-electron chi connectivity index (χ1n) is 7.02. The molecule has 1 N–H and O–H groups in total. The van der Waals surface area contributed by atoms with Crippen molar-refractivity contribution in [2.75, 3.05) is 19.6 Å². The lowest BCUT2D eigenvalue weighted by Crippen LogP contribution is -2.57. The Morgan fingerprint density at radius 2 is 2.10 bits per heavy atom. The number of para-hydroxylation sites is 1. The molecule has 1 aromatic carbocycles. The first kappa shape index (κ1) is 14.3. The van der Waals surface area contributed by atoms with E-state index in [1.807, 2.05) is 0 Å². The number of nitrogens with one attached hydrogen (secondary N) is 1. The summed E-state index contributed by atoms with van der Waals surface area (Å²) >= 11 is 5.84. The summed E-state index contributed by atoms with van der Waals surface area (Å²) in [6.45, 7) is 2.98. The normalized spacial score (nSPS) is 27.4. The quantitative estimate of drug-likeness (QED) is 0.685. The van der Waals surface area contributed by atoms with Crippen LogP contribution in [0, 0.1) is 16.0 Å². The fraction of sp³-hybridized carbons (Fsp3) is 0.500. The van der Waals surface area contributed by atoms with Crippen LogP contribution in [0.2, 0.25) is 5.02 Å². The summed E-state index contributed by atoms with van der Waals surface area (Å²) in [4.78, 5) is 25.2. The van der Waals surface area contributed by atoms with Crippen LogP contribution in [0.3, 0.4) is 0 Å². The maximum absolute atomic E-state index is 12.4. The molecule has 3 heterocycles. The molecule has 4 rings (SSSR count). The molecule has 1 unspecified atom stereocenters. The molecule has 21 heavy (non-hydrogen) atoms. The minimum atomic E-state index is -0.603. The van der Waals surface area contributed by atoms with Crippen LogP contribution in [0.1, 0.15) is 23.2 Å². The van der Waals surface area contributed by atoms with Crippen molar-refractivity contribution in [3.05, 3.63) is 38.9 Å². The van der Waals surface area contributed by atoms with Crippen LogP contribution >= 0.6 is 11.6 Å². The third-order valence-corrected chi connectivity index (χ3v) is 4.69. The molecule has 0 spiro atoms. The molecule has 1 atom stereocenters. The van der Waals surface area contributed by atoms with Gasteiger partial charge >= 0.3 is 5.69 Å². The Hall–Kier alpha value is -1.66. The van der Waals surface area contributed by atoms with Crippen molar-refractivity contribution in [2.45, 2.75) is 18.9 Å². The topological polar surface area (TPSA) is 75.5 Å². The predicted octanol–water partition coefficient (Wildman–Crippen LogP) is 2.07. The van der Waals surface area contributed by atoms with Crippen LogP contribution in [0.5, 0.6) is 0 Å². The highest BCUT2D eigenvalue weighted by Gasteiger charge is 2.36. The molecule has 112 valence electrons. The summed E-state index contributed by atoms with van der Waals surface area (Å²) in [6, 6.07) is 4.49. The van der Waals surface area contributed by atoms with Gasteiger partial charge in [-0.05, 0) is 44.0 Å². The fourth-order valence-corrected chi connectivity index (χ4v) is 3.50. The first-order valence-corrected chi connectivity index (χ1v) is 7.40. The van der Waals surface area contributed by atoms with Gasteiger partial charge in [-0.2, -0.15) is 0 Å². The highest BCUT2D eigenvalue weighted by Crippen LogP contribution is 2.30.